The Morgan fingerprint density at radius 3 is 2.88 bits per heavy atom. The maximum absolute atomic E-state index is 10.3. The third-order valence-electron chi connectivity index (χ3n) is 2.25. The van der Waals surface area contributed by atoms with E-state index >= 15 is 0 Å². The van der Waals surface area contributed by atoms with Crippen LogP contribution in [0.15, 0.2) is 24.3 Å². The van der Waals surface area contributed by atoms with E-state index in [-0.39, 0.29) is 6.42 Å². The van der Waals surface area contributed by atoms with E-state index in [1.165, 1.54) is 0 Å². The highest BCUT2D eigenvalue weighted by molar-refractivity contribution is 6.32. The van der Waals surface area contributed by atoms with Gasteiger partial charge in [0.05, 0.1) is 12.1 Å². The minimum Gasteiger partial charge on any atom is -0.495 e. The van der Waals surface area contributed by atoms with Crippen LogP contribution in [0.3, 0.4) is 0 Å². The van der Waals surface area contributed by atoms with Crippen molar-refractivity contribution in [1.29, 1.82) is 0 Å². The number of carboxylic acid groups (broad SMARTS) is 1. The summed E-state index contributed by atoms with van der Waals surface area (Å²) in [6.45, 7) is 0. The molecule has 0 saturated heterocycles. The first-order chi connectivity index (χ1) is 8.13. The Morgan fingerprint density at radius 1 is 1.53 bits per heavy atom. The molecule has 0 amide bonds. The molecule has 0 radical (unpaired) electrons. The normalized spacial score (nSPS) is 10.7. The van der Waals surface area contributed by atoms with Crippen LogP contribution < -0.4 is 4.74 Å². The number of benzene rings is 1. The standard InChI is InChI=1S/C13H15ClO3/c1-17-12-8-7-10(9-11(12)14)5-3-2-4-6-13(15)16/h3,5,7-9H,2,4,6H2,1H3,(H,15,16)/b5-3+. The quantitative estimate of drug-likeness (QED) is 0.789. The summed E-state index contributed by atoms with van der Waals surface area (Å²) in [6.07, 6.45) is 5.47. The Hall–Kier alpha value is -1.48. The fraction of sp³-hybridized carbons (Fsp3) is 0.308. The van der Waals surface area contributed by atoms with E-state index in [2.05, 4.69) is 0 Å². The lowest BCUT2D eigenvalue weighted by molar-refractivity contribution is -0.137. The number of methoxy groups -OCH3 is 1. The molecule has 0 saturated carbocycles. The second-order valence-electron chi connectivity index (χ2n) is 3.58. The van der Waals surface area contributed by atoms with Crippen LogP contribution in [0, 0.1) is 0 Å². The zero-order valence-corrected chi connectivity index (χ0v) is 10.4. The highest BCUT2D eigenvalue weighted by Gasteiger charge is 1.99. The maximum Gasteiger partial charge on any atom is 0.303 e. The van der Waals surface area contributed by atoms with Crippen LogP contribution in [0.5, 0.6) is 5.75 Å². The summed E-state index contributed by atoms with van der Waals surface area (Å²) in [6, 6.07) is 5.52. The summed E-state index contributed by atoms with van der Waals surface area (Å²) in [5, 5.41) is 9.04. The number of unbranched alkanes of at least 4 members (excludes halogenated alkanes) is 1. The molecule has 4 heteroatoms. The molecular weight excluding hydrogens is 240 g/mol. The molecule has 0 bridgehead atoms. The number of hydrogen-bond acceptors (Lipinski definition) is 2. The van der Waals surface area contributed by atoms with E-state index in [0.29, 0.717) is 17.2 Å². The molecule has 0 atom stereocenters. The molecule has 1 N–H and O–H groups in total. The Kier molecular flexibility index (Phi) is 5.57. The van der Waals surface area contributed by atoms with Gasteiger partial charge in [-0.15, -0.1) is 0 Å². The minimum absolute atomic E-state index is 0.202. The zero-order valence-electron chi connectivity index (χ0n) is 9.65. The molecule has 0 aliphatic carbocycles. The topological polar surface area (TPSA) is 46.5 Å². The van der Waals surface area contributed by atoms with Crippen molar-refractivity contribution < 1.29 is 14.6 Å². The molecule has 0 aliphatic heterocycles. The van der Waals surface area contributed by atoms with Gasteiger partial charge < -0.3 is 9.84 Å². The third kappa shape index (κ3) is 4.91. The van der Waals surface area contributed by atoms with Gasteiger partial charge in [-0.1, -0.05) is 29.8 Å². The number of carbonyl (C=O) groups is 1. The molecule has 17 heavy (non-hydrogen) atoms. The SMILES string of the molecule is COc1ccc(/C=C/CCCC(=O)O)cc1Cl. The lowest BCUT2D eigenvalue weighted by Gasteiger charge is -2.02. The molecule has 0 heterocycles. The minimum atomic E-state index is -0.758. The van der Waals surface area contributed by atoms with Gasteiger partial charge in [0.25, 0.3) is 0 Å². The lowest BCUT2D eigenvalue weighted by atomic mass is 10.1. The molecule has 3 nitrogen and oxygen atoms in total. The van der Waals surface area contributed by atoms with Crippen molar-refractivity contribution in [3.8, 4) is 5.75 Å². The van der Waals surface area contributed by atoms with E-state index in [1.807, 2.05) is 24.3 Å². The molecule has 1 rings (SSSR count). The summed E-state index contributed by atoms with van der Waals surface area (Å²) in [4.78, 5) is 10.3. The van der Waals surface area contributed by atoms with E-state index in [1.54, 1.807) is 13.2 Å². The van der Waals surface area contributed by atoms with Crippen molar-refractivity contribution in [3.05, 3.63) is 34.9 Å². The van der Waals surface area contributed by atoms with Crippen LogP contribution in [-0.4, -0.2) is 18.2 Å². The monoisotopic (exact) mass is 254 g/mol. The first kappa shape index (κ1) is 13.6. The molecule has 0 aromatic heterocycles. The predicted octanol–water partition coefficient (Wildman–Crippen LogP) is 3.62. The smallest absolute Gasteiger partial charge is 0.303 e. The lowest BCUT2D eigenvalue weighted by Crippen LogP contribution is -1.92. The summed E-state index contributed by atoms with van der Waals surface area (Å²) < 4.78 is 5.05. The number of ether oxygens (including phenoxy) is 1. The predicted molar refractivity (Wildman–Crippen MR) is 68.5 cm³/mol. The first-order valence-corrected chi connectivity index (χ1v) is 5.73. The van der Waals surface area contributed by atoms with E-state index in [4.69, 9.17) is 21.4 Å². The van der Waals surface area contributed by atoms with E-state index in [0.717, 1.165) is 12.0 Å². The van der Waals surface area contributed by atoms with Crippen molar-refractivity contribution in [1.82, 2.24) is 0 Å². The molecule has 0 spiro atoms. The van der Waals surface area contributed by atoms with Gasteiger partial charge in [0.2, 0.25) is 0 Å². The van der Waals surface area contributed by atoms with Gasteiger partial charge in [0.15, 0.2) is 0 Å². The largest absolute Gasteiger partial charge is 0.495 e. The molecular formula is C13H15ClO3. The van der Waals surface area contributed by atoms with Crippen molar-refractivity contribution in [2.45, 2.75) is 19.3 Å². The average molecular weight is 255 g/mol. The average Bonchev–Trinajstić information content (AvgIpc) is 2.28. The van der Waals surface area contributed by atoms with Crippen LogP contribution >= 0.6 is 11.6 Å². The van der Waals surface area contributed by atoms with Crippen molar-refractivity contribution in [3.63, 3.8) is 0 Å². The Balaban J connectivity index is 2.48. The molecule has 1 aromatic carbocycles. The van der Waals surface area contributed by atoms with Crippen molar-refractivity contribution in [2.24, 2.45) is 0 Å². The zero-order chi connectivity index (χ0) is 12.7. The number of hydrogen-bond donors (Lipinski definition) is 1. The Morgan fingerprint density at radius 2 is 2.29 bits per heavy atom. The van der Waals surface area contributed by atoms with Gasteiger partial charge in [0, 0.05) is 6.42 Å². The van der Waals surface area contributed by atoms with Crippen LogP contribution in [0.1, 0.15) is 24.8 Å². The van der Waals surface area contributed by atoms with Crippen LogP contribution in [0.25, 0.3) is 6.08 Å². The maximum atomic E-state index is 10.3. The number of aliphatic carboxylic acids is 1. The van der Waals surface area contributed by atoms with E-state index < -0.39 is 5.97 Å². The molecule has 92 valence electrons. The second kappa shape index (κ2) is 6.97. The van der Waals surface area contributed by atoms with Gasteiger partial charge in [0.1, 0.15) is 5.75 Å². The van der Waals surface area contributed by atoms with Gasteiger partial charge in [-0.3, -0.25) is 4.79 Å². The summed E-state index contributed by atoms with van der Waals surface area (Å²) in [7, 11) is 1.57. The fourth-order valence-electron chi connectivity index (χ4n) is 1.38. The fourth-order valence-corrected chi connectivity index (χ4v) is 1.64. The second-order valence-corrected chi connectivity index (χ2v) is 3.99. The highest BCUT2D eigenvalue weighted by Crippen LogP contribution is 2.25. The molecule has 0 unspecified atom stereocenters. The number of allylic oxidation sites excluding steroid dienone is 1. The highest BCUT2D eigenvalue weighted by atomic mass is 35.5. The first-order valence-electron chi connectivity index (χ1n) is 5.35. The van der Waals surface area contributed by atoms with Crippen molar-refractivity contribution >= 4 is 23.6 Å². The van der Waals surface area contributed by atoms with Crippen LogP contribution in [-0.2, 0) is 4.79 Å². The number of rotatable bonds is 6. The van der Waals surface area contributed by atoms with Gasteiger partial charge >= 0.3 is 5.97 Å². The number of halogens is 1. The van der Waals surface area contributed by atoms with Crippen LogP contribution in [0.4, 0.5) is 0 Å². The Labute approximate surface area is 106 Å². The van der Waals surface area contributed by atoms with E-state index in [9.17, 15) is 4.79 Å². The molecule has 1 aromatic rings. The summed E-state index contributed by atoms with van der Waals surface area (Å²) in [5.41, 5.74) is 0.978. The van der Waals surface area contributed by atoms with Gasteiger partial charge in [-0.05, 0) is 30.5 Å². The molecule has 0 aliphatic rings. The summed E-state index contributed by atoms with van der Waals surface area (Å²) in [5.74, 6) is -0.111. The van der Waals surface area contributed by atoms with Gasteiger partial charge in [-0.2, -0.15) is 0 Å². The Bertz CT molecular complexity index is 413. The van der Waals surface area contributed by atoms with Crippen LogP contribution in [0.2, 0.25) is 5.02 Å². The third-order valence-corrected chi connectivity index (χ3v) is 2.54. The van der Waals surface area contributed by atoms with Gasteiger partial charge in [-0.25, -0.2) is 0 Å². The number of carboxylic acids is 1. The summed E-state index contributed by atoms with van der Waals surface area (Å²) >= 11 is 5.97. The molecule has 0 fully saturated rings. The van der Waals surface area contributed by atoms with Crippen molar-refractivity contribution in [2.75, 3.05) is 7.11 Å².